The summed E-state index contributed by atoms with van der Waals surface area (Å²) in [6, 6.07) is 0. The topological polar surface area (TPSA) is 75.3 Å². The van der Waals surface area contributed by atoms with Gasteiger partial charge in [-0.05, 0) is 18.6 Å². The van der Waals surface area contributed by atoms with E-state index in [1.54, 1.807) is 18.2 Å². The Kier molecular flexibility index (Phi) is 4.06. The summed E-state index contributed by atoms with van der Waals surface area (Å²) in [5, 5.41) is 5.07. The van der Waals surface area contributed by atoms with Crippen LogP contribution in [0.3, 0.4) is 0 Å². The van der Waals surface area contributed by atoms with E-state index in [1.165, 1.54) is 6.92 Å². The Labute approximate surface area is 118 Å². The average molecular weight is 276 g/mol. The second-order valence-corrected chi connectivity index (χ2v) is 5.43. The number of fused-ring (bicyclic) bond motifs is 1. The highest BCUT2D eigenvalue weighted by molar-refractivity contribution is 6.09. The molecule has 3 amide bonds. The Morgan fingerprint density at radius 3 is 2.80 bits per heavy atom. The van der Waals surface area contributed by atoms with Crippen LogP contribution in [0.5, 0.6) is 0 Å². The lowest BCUT2D eigenvalue weighted by Crippen LogP contribution is -2.35. The average Bonchev–Trinajstić information content (AvgIpc) is 2.62. The van der Waals surface area contributed by atoms with Gasteiger partial charge in [0.15, 0.2) is 0 Å². The highest BCUT2D eigenvalue weighted by Gasteiger charge is 2.53. The predicted octanol–water partition coefficient (Wildman–Crippen LogP) is 1.42. The van der Waals surface area contributed by atoms with Crippen LogP contribution in [0.25, 0.3) is 0 Å². The van der Waals surface area contributed by atoms with E-state index in [0.717, 1.165) is 19.3 Å². The van der Waals surface area contributed by atoms with Crippen molar-refractivity contribution in [2.45, 2.75) is 39.5 Å². The molecule has 1 heterocycles. The van der Waals surface area contributed by atoms with Crippen molar-refractivity contribution in [1.29, 1.82) is 0 Å². The van der Waals surface area contributed by atoms with Crippen LogP contribution < -0.4 is 10.6 Å². The highest BCUT2D eigenvalue weighted by Crippen LogP contribution is 2.43. The zero-order valence-corrected chi connectivity index (χ0v) is 11.9. The fourth-order valence-corrected chi connectivity index (χ4v) is 2.86. The maximum absolute atomic E-state index is 12.2. The van der Waals surface area contributed by atoms with Crippen LogP contribution in [0.2, 0.25) is 0 Å². The van der Waals surface area contributed by atoms with E-state index in [2.05, 4.69) is 17.6 Å². The number of carbonyl (C=O) groups excluding carboxylic acids is 3. The maximum atomic E-state index is 12.2. The van der Waals surface area contributed by atoms with Gasteiger partial charge in [-0.25, -0.2) is 0 Å². The van der Waals surface area contributed by atoms with Crippen LogP contribution in [0, 0.1) is 11.3 Å². The number of imide groups is 1. The molecule has 1 fully saturated rings. The Bertz CT molecular complexity index is 507. The number of allylic oxidation sites excluding steroid dienone is 1. The first-order valence-corrected chi connectivity index (χ1v) is 7.03. The van der Waals surface area contributed by atoms with Crippen LogP contribution in [-0.2, 0) is 14.4 Å². The van der Waals surface area contributed by atoms with Crippen molar-refractivity contribution in [2.75, 3.05) is 0 Å². The molecular formula is C15H20N2O3. The Hall–Kier alpha value is -1.91. The van der Waals surface area contributed by atoms with Crippen LogP contribution in [0.1, 0.15) is 39.5 Å². The SMILES string of the molecule is CCCCCC12C=CC(NC(C)=O)=CC1C(=O)NC2=O. The molecule has 0 radical (unpaired) electrons. The van der Waals surface area contributed by atoms with E-state index >= 15 is 0 Å². The minimum atomic E-state index is -0.770. The summed E-state index contributed by atoms with van der Waals surface area (Å²) in [6.45, 7) is 3.51. The lowest BCUT2D eigenvalue weighted by molar-refractivity contribution is -0.127. The van der Waals surface area contributed by atoms with E-state index in [1.807, 2.05) is 0 Å². The molecular weight excluding hydrogens is 256 g/mol. The monoisotopic (exact) mass is 276 g/mol. The van der Waals surface area contributed by atoms with Gasteiger partial charge in [-0.1, -0.05) is 32.3 Å². The molecule has 1 saturated heterocycles. The summed E-state index contributed by atoms with van der Waals surface area (Å²) in [6.07, 6.45) is 8.85. The van der Waals surface area contributed by atoms with E-state index in [-0.39, 0.29) is 17.7 Å². The molecule has 2 aliphatic rings. The molecule has 0 saturated carbocycles. The number of nitrogens with one attached hydrogen (secondary N) is 2. The minimum Gasteiger partial charge on any atom is -0.327 e. The van der Waals surface area contributed by atoms with Crippen LogP contribution in [-0.4, -0.2) is 17.7 Å². The molecule has 0 aromatic rings. The molecule has 0 aromatic heterocycles. The van der Waals surface area contributed by atoms with Crippen LogP contribution in [0.4, 0.5) is 0 Å². The fraction of sp³-hybridized carbons (Fsp3) is 0.533. The molecule has 1 aliphatic carbocycles. The Balaban J connectivity index is 2.24. The Morgan fingerprint density at radius 1 is 1.40 bits per heavy atom. The second kappa shape index (κ2) is 5.61. The summed E-state index contributed by atoms with van der Waals surface area (Å²) >= 11 is 0. The van der Waals surface area contributed by atoms with Crippen molar-refractivity contribution in [3.8, 4) is 0 Å². The van der Waals surface area contributed by atoms with Gasteiger partial charge >= 0.3 is 0 Å². The van der Waals surface area contributed by atoms with Crippen molar-refractivity contribution in [3.63, 3.8) is 0 Å². The third-order valence-corrected chi connectivity index (χ3v) is 3.92. The van der Waals surface area contributed by atoms with Crippen LogP contribution >= 0.6 is 0 Å². The first-order chi connectivity index (χ1) is 9.49. The zero-order chi connectivity index (χ0) is 14.8. The molecule has 0 spiro atoms. The third-order valence-electron chi connectivity index (χ3n) is 3.92. The number of hydrogen-bond donors (Lipinski definition) is 2. The molecule has 2 atom stereocenters. The van der Waals surface area contributed by atoms with Gasteiger partial charge in [0.25, 0.3) is 0 Å². The molecule has 2 N–H and O–H groups in total. The lowest BCUT2D eigenvalue weighted by atomic mass is 9.70. The van der Waals surface area contributed by atoms with E-state index in [9.17, 15) is 14.4 Å². The number of hydrogen-bond acceptors (Lipinski definition) is 3. The van der Waals surface area contributed by atoms with Gasteiger partial charge in [0, 0.05) is 12.6 Å². The molecule has 1 aliphatic heterocycles. The molecule has 5 nitrogen and oxygen atoms in total. The zero-order valence-electron chi connectivity index (χ0n) is 11.9. The standard InChI is InChI=1S/C15H20N2O3/c1-3-4-5-7-15-8-6-11(16-10(2)18)9-12(15)13(19)17-14(15)20/h6,8-9,12H,3-5,7H2,1-2H3,(H,16,18)(H,17,19,20). The number of unbranched alkanes of at least 4 members (excludes halogenated alkanes) is 2. The first kappa shape index (κ1) is 14.5. The van der Waals surface area contributed by atoms with Gasteiger partial charge in [-0.3, -0.25) is 19.7 Å². The normalized spacial score (nSPS) is 27.9. The Morgan fingerprint density at radius 2 is 2.15 bits per heavy atom. The van der Waals surface area contributed by atoms with Crippen molar-refractivity contribution in [2.24, 2.45) is 11.3 Å². The quantitative estimate of drug-likeness (QED) is 0.589. The number of carbonyl (C=O) groups is 3. The number of rotatable bonds is 5. The van der Waals surface area contributed by atoms with Gasteiger partial charge in [0.2, 0.25) is 17.7 Å². The summed E-state index contributed by atoms with van der Waals surface area (Å²) in [5.74, 6) is -1.21. The molecule has 2 rings (SSSR count). The molecule has 0 aromatic carbocycles. The summed E-state index contributed by atoms with van der Waals surface area (Å²) < 4.78 is 0. The van der Waals surface area contributed by atoms with Gasteiger partial charge in [-0.2, -0.15) is 0 Å². The first-order valence-electron chi connectivity index (χ1n) is 7.03. The van der Waals surface area contributed by atoms with Crippen LogP contribution in [0.15, 0.2) is 23.9 Å². The third kappa shape index (κ3) is 2.53. The second-order valence-electron chi connectivity index (χ2n) is 5.43. The van der Waals surface area contributed by atoms with E-state index < -0.39 is 11.3 Å². The van der Waals surface area contributed by atoms with Gasteiger partial charge in [-0.15, -0.1) is 0 Å². The van der Waals surface area contributed by atoms with E-state index in [0.29, 0.717) is 12.1 Å². The lowest BCUT2D eigenvalue weighted by Gasteiger charge is -2.29. The predicted molar refractivity (Wildman–Crippen MR) is 74.3 cm³/mol. The number of amides is 3. The molecule has 5 heteroatoms. The largest absolute Gasteiger partial charge is 0.327 e. The molecule has 0 bridgehead atoms. The highest BCUT2D eigenvalue weighted by atomic mass is 16.2. The summed E-state index contributed by atoms with van der Waals surface area (Å²) in [7, 11) is 0. The van der Waals surface area contributed by atoms with Crippen molar-refractivity contribution < 1.29 is 14.4 Å². The van der Waals surface area contributed by atoms with Gasteiger partial charge in [0.1, 0.15) is 0 Å². The fourth-order valence-electron chi connectivity index (χ4n) is 2.86. The van der Waals surface area contributed by atoms with Crippen molar-refractivity contribution in [3.05, 3.63) is 23.9 Å². The van der Waals surface area contributed by atoms with Crippen molar-refractivity contribution in [1.82, 2.24) is 10.6 Å². The molecule has 20 heavy (non-hydrogen) atoms. The van der Waals surface area contributed by atoms with Gasteiger partial charge < -0.3 is 5.32 Å². The smallest absolute Gasteiger partial charge is 0.237 e. The van der Waals surface area contributed by atoms with E-state index in [4.69, 9.17) is 0 Å². The maximum Gasteiger partial charge on any atom is 0.237 e. The van der Waals surface area contributed by atoms with Gasteiger partial charge in [0.05, 0.1) is 11.3 Å². The minimum absolute atomic E-state index is 0.191. The molecule has 2 unspecified atom stereocenters. The summed E-state index contributed by atoms with van der Waals surface area (Å²) in [5.41, 5.74) is -0.188. The van der Waals surface area contributed by atoms with Crippen molar-refractivity contribution >= 4 is 17.7 Å². The molecule has 108 valence electrons. The summed E-state index contributed by atoms with van der Waals surface area (Å²) in [4.78, 5) is 35.2.